The molecule has 0 amide bonds. The number of benzene rings is 2. The van der Waals surface area contributed by atoms with E-state index in [1.54, 1.807) is 0 Å². The quantitative estimate of drug-likeness (QED) is 0.225. The molecule has 1 aliphatic rings. The van der Waals surface area contributed by atoms with Gasteiger partial charge < -0.3 is 15.4 Å². The van der Waals surface area contributed by atoms with Crippen molar-refractivity contribution in [2.24, 2.45) is 5.92 Å². The van der Waals surface area contributed by atoms with E-state index in [9.17, 15) is 17.2 Å². The summed E-state index contributed by atoms with van der Waals surface area (Å²) in [6, 6.07) is 4.85. The fourth-order valence-corrected chi connectivity index (χ4v) is 5.53. The zero-order valence-corrected chi connectivity index (χ0v) is 23.8. The van der Waals surface area contributed by atoms with E-state index in [1.165, 1.54) is 38.2 Å². The zero-order valence-electron chi connectivity index (χ0n) is 22.9. The number of anilines is 2. The fourth-order valence-electron chi connectivity index (χ4n) is 4.87. The highest BCUT2D eigenvalue weighted by atomic mass is 32.2. The summed E-state index contributed by atoms with van der Waals surface area (Å²) in [4.78, 5) is 12.7. The Hall–Kier alpha value is -4.04. The molecule has 5 rings (SSSR count). The van der Waals surface area contributed by atoms with Gasteiger partial charge in [-0.2, -0.15) is 4.39 Å². The Morgan fingerprint density at radius 3 is 2.60 bits per heavy atom. The third kappa shape index (κ3) is 5.81. The molecule has 4 aromatic rings. The predicted octanol–water partition coefficient (Wildman–Crippen LogP) is 5.52. The molecule has 2 aromatic carbocycles. The number of piperidine rings is 1. The normalized spacial score (nSPS) is 17.3. The first kappa shape index (κ1) is 29.5. The van der Waals surface area contributed by atoms with E-state index in [0.717, 1.165) is 25.2 Å². The summed E-state index contributed by atoms with van der Waals surface area (Å²) >= 11 is 0. The van der Waals surface area contributed by atoms with Crippen molar-refractivity contribution in [3.63, 3.8) is 0 Å². The third-order valence-corrected chi connectivity index (χ3v) is 8.29. The Bertz CT molecular complexity index is 1770. The van der Waals surface area contributed by atoms with Crippen molar-refractivity contribution in [3.05, 3.63) is 65.5 Å². The number of hydrogen-bond donors (Lipinski definition) is 3. The van der Waals surface area contributed by atoms with E-state index in [4.69, 9.17) is 4.74 Å². The summed E-state index contributed by atoms with van der Waals surface area (Å²) in [5, 5.41) is 5.51. The molecule has 14 heteroatoms. The minimum absolute atomic E-state index is 0.000895. The number of nitrogens with zero attached hydrogens (tertiary/aromatic N) is 3. The van der Waals surface area contributed by atoms with E-state index in [0.29, 0.717) is 12.5 Å². The molecule has 2 atom stereocenters. The van der Waals surface area contributed by atoms with Crippen LogP contribution in [0.4, 0.5) is 29.2 Å². The van der Waals surface area contributed by atoms with E-state index in [1.807, 2.05) is 0 Å². The van der Waals surface area contributed by atoms with Crippen LogP contribution in [0.3, 0.4) is 0 Å². The second-order valence-electron chi connectivity index (χ2n) is 10.1. The number of fused-ring (bicyclic) bond motifs is 1. The van der Waals surface area contributed by atoms with E-state index < -0.39 is 61.7 Å². The molecule has 1 saturated heterocycles. The van der Waals surface area contributed by atoms with Gasteiger partial charge in [-0.1, -0.05) is 19.1 Å². The lowest BCUT2D eigenvalue weighted by Crippen LogP contribution is -2.42. The van der Waals surface area contributed by atoms with Crippen LogP contribution in [-0.4, -0.2) is 48.3 Å². The number of sulfonamides is 1. The van der Waals surface area contributed by atoms with Crippen molar-refractivity contribution >= 4 is 32.4 Å². The van der Waals surface area contributed by atoms with E-state index >= 15 is 8.78 Å². The van der Waals surface area contributed by atoms with Gasteiger partial charge in [0.1, 0.15) is 17.3 Å². The Morgan fingerprint density at radius 1 is 1.07 bits per heavy atom. The first-order valence-corrected chi connectivity index (χ1v) is 14.9. The fraction of sp³-hybridized carbons (Fsp3) is 0.321. The molecule has 1 aliphatic heterocycles. The van der Waals surface area contributed by atoms with Gasteiger partial charge in [-0.3, -0.25) is 4.72 Å². The molecule has 42 heavy (non-hydrogen) atoms. The predicted molar refractivity (Wildman–Crippen MR) is 151 cm³/mol. The van der Waals surface area contributed by atoms with E-state index in [-0.39, 0.29) is 34.2 Å². The highest BCUT2D eigenvalue weighted by Crippen LogP contribution is 2.44. The molecule has 9 nitrogen and oxygen atoms in total. The molecule has 0 radical (unpaired) electrons. The van der Waals surface area contributed by atoms with Gasteiger partial charge in [0.05, 0.1) is 28.6 Å². The van der Waals surface area contributed by atoms with Gasteiger partial charge in [0, 0.05) is 29.7 Å². The number of ether oxygens (including phenoxy) is 1. The summed E-state index contributed by atoms with van der Waals surface area (Å²) in [6.07, 6.45) is 3.14. The maximum atomic E-state index is 15.6. The standard InChI is InChI=1S/C28H28F4N6O3S/c1-4-42(39,40)38-25-17-6-5-7-18(29)22(17)23(31)24(32)26(25)41-27-21(15(3)19(30)13-35-27)20-8-9-34-28(37-20)36-16-10-14(2)11-33-12-16/h5-9,13-14,16,33,38H,4,10-12H2,1-3H3,(H,34,36,37)/t14-,16+/m1/s1. The van der Waals surface area contributed by atoms with Crippen molar-refractivity contribution in [3.8, 4) is 22.9 Å². The molecular formula is C28H28F4N6O3S. The van der Waals surface area contributed by atoms with Gasteiger partial charge >= 0.3 is 0 Å². The molecule has 0 saturated carbocycles. The lowest BCUT2D eigenvalue weighted by atomic mass is 9.98. The smallest absolute Gasteiger partial charge is 0.232 e. The van der Waals surface area contributed by atoms with Crippen molar-refractivity contribution in [1.82, 2.24) is 20.3 Å². The van der Waals surface area contributed by atoms with Crippen molar-refractivity contribution in [2.45, 2.75) is 33.2 Å². The van der Waals surface area contributed by atoms with Crippen LogP contribution in [0.25, 0.3) is 22.0 Å². The van der Waals surface area contributed by atoms with Crippen LogP contribution in [0, 0.1) is 36.1 Å². The molecular weight excluding hydrogens is 576 g/mol. The molecule has 1 fully saturated rings. The summed E-state index contributed by atoms with van der Waals surface area (Å²) in [5.41, 5.74) is -0.351. The first-order valence-electron chi connectivity index (χ1n) is 13.2. The number of rotatable bonds is 8. The van der Waals surface area contributed by atoms with Crippen LogP contribution in [0.15, 0.2) is 36.7 Å². The Morgan fingerprint density at radius 2 is 1.86 bits per heavy atom. The minimum Gasteiger partial charge on any atom is -0.433 e. The van der Waals surface area contributed by atoms with Crippen LogP contribution in [0.5, 0.6) is 11.6 Å². The van der Waals surface area contributed by atoms with Gasteiger partial charge in [-0.15, -0.1) is 0 Å². The van der Waals surface area contributed by atoms with Gasteiger partial charge in [-0.05, 0) is 44.9 Å². The number of nitrogens with one attached hydrogen (secondary N) is 3. The molecule has 222 valence electrons. The van der Waals surface area contributed by atoms with Crippen molar-refractivity contribution in [2.75, 3.05) is 28.9 Å². The second-order valence-corrected chi connectivity index (χ2v) is 12.1. The number of aromatic nitrogens is 3. The summed E-state index contributed by atoms with van der Waals surface area (Å²) in [7, 11) is -4.08. The summed E-state index contributed by atoms with van der Waals surface area (Å²) in [5.74, 6) is -6.14. The van der Waals surface area contributed by atoms with Crippen LogP contribution in [0.2, 0.25) is 0 Å². The van der Waals surface area contributed by atoms with Crippen molar-refractivity contribution < 1.29 is 30.7 Å². The molecule has 2 aromatic heterocycles. The van der Waals surface area contributed by atoms with Crippen LogP contribution in [-0.2, 0) is 10.0 Å². The minimum atomic E-state index is -4.08. The maximum absolute atomic E-state index is 15.6. The first-order chi connectivity index (χ1) is 20.0. The molecule has 3 heterocycles. The Labute approximate surface area is 239 Å². The maximum Gasteiger partial charge on any atom is 0.232 e. The van der Waals surface area contributed by atoms with Crippen LogP contribution >= 0.6 is 0 Å². The Balaban J connectivity index is 1.64. The number of halogens is 4. The third-order valence-electron chi connectivity index (χ3n) is 7.02. The largest absolute Gasteiger partial charge is 0.433 e. The monoisotopic (exact) mass is 604 g/mol. The molecule has 0 spiro atoms. The van der Waals surface area contributed by atoms with Crippen molar-refractivity contribution in [1.29, 1.82) is 0 Å². The molecule has 3 N–H and O–H groups in total. The average Bonchev–Trinajstić information content (AvgIpc) is 2.95. The number of pyridine rings is 1. The topological polar surface area (TPSA) is 118 Å². The lowest BCUT2D eigenvalue weighted by Gasteiger charge is -2.28. The van der Waals surface area contributed by atoms with Gasteiger partial charge in [0.15, 0.2) is 11.6 Å². The lowest BCUT2D eigenvalue weighted by molar-refractivity contribution is 0.377. The molecule has 0 aliphatic carbocycles. The van der Waals surface area contributed by atoms with Crippen LogP contribution in [0.1, 0.15) is 25.8 Å². The van der Waals surface area contributed by atoms with Gasteiger partial charge in [0.25, 0.3) is 0 Å². The molecule has 0 unspecified atom stereocenters. The molecule has 0 bridgehead atoms. The second kappa shape index (κ2) is 11.7. The summed E-state index contributed by atoms with van der Waals surface area (Å²) in [6.45, 7) is 6.45. The zero-order chi connectivity index (χ0) is 30.2. The highest BCUT2D eigenvalue weighted by Gasteiger charge is 2.28. The van der Waals surface area contributed by atoms with Gasteiger partial charge in [0.2, 0.25) is 27.7 Å². The average molecular weight is 605 g/mol. The summed E-state index contributed by atoms with van der Waals surface area (Å²) < 4.78 is 93.1. The van der Waals surface area contributed by atoms with E-state index in [2.05, 4.69) is 37.2 Å². The SMILES string of the molecule is CCS(=O)(=O)Nc1c(Oc2ncc(F)c(C)c2-c2ccnc(N[C@@H]3CNC[C@H](C)C3)n2)c(F)c(F)c2c(F)cccc12. The Kier molecular flexibility index (Phi) is 8.19. The highest BCUT2D eigenvalue weighted by molar-refractivity contribution is 7.92. The van der Waals surface area contributed by atoms with Crippen LogP contribution < -0.4 is 20.1 Å². The van der Waals surface area contributed by atoms with Gasteiger partial charge in [-0.25, -0.2) is 36.5 Å². The number of hydrogen-bond acceptors (Lipinski definition) is 8.